The molecule has 0 saturated heterocycles. The summed E-state index contributed by atoms with van der Waals surface area (Å²) in [6.07, 6.45) is 6.29. The van der Waals surface area contributed by atoms with Gasteiger partial charge in [-0.25, -0.2) is 4.79 Å². The van der Waals surface area contributed by atoms with Gasteiger partial charge in [0.2, 0.25) is 5.91 Å². The highest BCUT2D eigenvalue weighted by molar-refractivity contribution is 5.80. The summed E-state index contributed by atoms with van der Waals surface area (Å²) in [6, 6.07) is 1.56. The second-order valence-electron chi connectivity index (χ2n) is 6.26. The Hall–Kier alpha value is -1.62. The molecular weight excluding hydrogens is 282 g/mol. The van der Waals surface area contributed by atoms with Crippen molar-refractivity contribution in [3.8, 4) is 0 Å². The van der Waals surface area contributed by atoms with Crippen molar-refractivity contribution in [1.29, 1.82) is 0 Å². The Kier molecular flexibility index (Phi) is 4.62. The van der Waals surface area contributed by atoms with Gasteiger partial charge >= 0.3 is 5.63 Å². The van der Waals surface area contributed by atoms with Gasteiger partial charge in [-0.15, -0.1) is 0 Å². The van der Waals surface area contributed by atoms with Crippen molar-refractivity contribution in [3.63, 3.8) is 0 Å². The number of fused-ring (bicyclic) bond motifs is 1. The number of hydrogen-bond donors (Lipinski definition) is 1. The number of hydrogen-bond acceptors (Lipinski definition) is 4. The normalized spacial score (nSPS) is 20.6. The molecule has 1 fully saturated rings. The zero-order chi connectivity index (χ0) is 15.5. The third-order valence-electron chi connectivity index (χ3n) is 4.28. The first-order chi connectivity index (χ1) is 10.7. The molecular formula is C17H23NO4. The lowest BCUT2D eigenvalue weighted by Crippen LogP contribution is -2.38. The molecule has 120 valence electrons. The number of aryl methyl sites for hydroxylation is 1. The van der Waals surface area contributed by atoms with Crippen LogP contribution < -0.4 is 10.9 Å². The molecule has 2 aliphatic rings. The lowest BCUT2D eigenvalue weighted by atomic mass is 9.96. The van der Waals surface area contributed by atoms with E-state index in [-0.39, 0.29) is 18.0 Å². The van der Waals surface area contributed by atoms with Crippen molar-refractivity contribution >= 4 is 5.91 Å². The molecule has 1 aliphatic carbocycles. The molecule has 22 heavy (non-hydrogen) atoms. The summed E-state index contributed by atoms with van der Waals surface area (Å²) < 4.78 is 11.0. The summed E-state index contributed by atoms with van der Waals surface area (Å²) in [4.78, 5) is 23.5. The van der Waals surface area contributed by atoms with Crippen LogP contribution in [0.3, 0.4) is 0 Å². The van der Waals surface area contributed by atoms with Crippen LogP contribution in [-0.4, -0.2) is 12.5 Å². The van der Waals surface area contributed by atoms with E-state index >= 15 is 0 Å². The van der Waals surface area contributed by atoms with E-state index in [9.17, 15) is 9.59 Å². The summed E-state index contributed by atoms with van der Waals surface area (Å²) in [5, 5.41) is 2.86. The minimum atomic E-state index is -0.489. The van der Waals surface area contributed by atoms with Gasteiger partial charge in [-0.05, 0) is 30.7 Å². The fourth-order valence-electron chi connectivity index (χ4n) is 3.02. The van der Waals surface area contributed by atoms with Crippen LogP contribution in [0.1, 0.15) is 62.1 Å². The average molecular weight is 305 g/mol. The third-order valence-corrected chi connectivity index (χ3v) is 4.28. The molecule has 1 atom stereocenters. The highest BCUT2D eigenvalue weighted by Gasteiger charge is 2.30. The third kappa shape index (κ3) is 3.58. The summed E-state index contributed by atoms with van der Waals surface area (Å²) in [5.41, 5.74) is 1.46. The maximum Gasteiger partial charge on any atom is 0.336 e. The maximum absolute atomic E-state index is 11.8. The van der Waals surface area contributed by atoms with Crippen LogP contribution in [0.15, 0.2) is 15.3 Å². The Labute approximate surface area is 130 Å². The number of nitrogens with one attached hydrogen (secondary N) is 1. The topological polar surface area (TPSA) is 68.5 Å². The molecule has 1 unspecified atom stereocenters. The van der Waals surface area contributed by atoms with E-state index in [4.69, 9.17) is 9.15 Å². The number of rotatable bonds is 7. The average Bonchev–Trinajstić information content (AvgIpc) is 3.28. The minimum Gasteiger partial charge on any atom is -0.427 e. The van der Waals surface area contributed by atoms with E-state index in [1.165, 1.54) is 19.3 Å². The molecule has 1 aromatic heterocycles. The lowest BCUT2D eigenvalue weighted by molar-refractivity contribution is -0.126. The molecule has 0 spiro atoms. The highest BCUT2D eigenvalue weighted by Crippen LogP contribution is 2.34. The molecule has 0 aromatic carbocycles. The molecule has 0 bridgehead atoms. The van der Waals surface area contributed by atoms with E-state index in [1.54, 1.807) is 6.07 Å². The Morgan fingerprint density at radius 3 is 2.91 bits per heavy atom. The van der Waals surface area contributed by atoms with Crippen molar-refractivity contribution in [1.82, 2.24) is 5.32 Å². The first-order valence-corrected chi connectivity index (χ1v) is 8.24. The van der Waals surface area contributed by atoms with E-state index < -0.39 is 6.23 Å². The van der Waals surface area contributed by atoms with Crippen LogP contribution in [0.5, 0.6) is 0 Å². The van der Waals surface area contributed by atoms with Crippen LogP contribution >= 0.6 is 0 Å². The lowest BCUT2D eigenvalue weighted by Gasteiger charge is -2.27. The quantitative estimate of drug-likeness (QED) is 0.840. The van der Waals surface area contributed by atoms with Crippen molar-refractivity contribution in [2.75, 3.05) is 6.61 Å². The van der Waals surface area contributed by atoms with Crippen LogP contribution in [0.25, 0.3) is 0 Å². The molecule has 1 saturated carbocycles. The van der Waals surface area contributed by atoms with Gasteiger partial charge in [0, 0.05) is 18.2 Å². The van der Waals surface area contributed by atoms with Crippen molar-refractivity contribution in [2.24, 2.45) is 5.92 Å². The molecule has 1 amide bonds. The van der Waals surface area contributed by atoms with Gasteiger partial charge in [-0.3, -0.25) is 4.79 Å². The molecule has 2 heterocycles. The van der Waals surface area contributed by atoms with Gasteiger partial charge in [-0.2, -0.15) is 0 Å². The van der Waals surface area contributed by atoms with E-state index in [0.29, 0.717) is 12.4 Å². The molecule has 5 nitrogen and oxygen atoms in total. The predicted molar refractivity (Wildman–Crippen MR) is 81.5 cm³/mol. The monoisotopic (exact) mass is 305 g/mol. The minimum absolute atomic E-state index is 0.118. The molecule has 1 N–H and O–H groups in total. The Balaban J connectivity index is 1.84. The number of carbonyl (C=O) groups is 1. The van der Waals surface area contributed by atoms with Gasteiger partial charge in [0.25, 0.3) is 0 Å². The van der Waals surface area contributed by atoms with Gasteiger partial charge in [0.15, 0.2) is 6.23 Å². The van der Waals surface area contributed by atoms with Crippen molar-refractivity contribution in [2.45, 2.75) is 58.1 Å². The first kappa shape index (κ1) is 15.3. The summed E-state index contributed by atoms with van der Waals surface area (Å²) >= 11 is 0. The Morgan fingerprint density at radius 2 is 2.18 bits per heavy atom. The smallest absolute Gasteiger partial charge is 0.336 e. The van der Waals surface area contributed by atoms with Gasteiger partial charge in [-0.1, -0.05) is 26.2 Å². The molecule has 1 aliphatic heterocycles. The molecule has 1 aromatic rings. The van der Waals surface area contributed by atoms with Gasteiger partial charge < -0.3 is 14.5 Å². The van der Waals surface area contributed by atoms with E-state index in [0.717, 1.165) is 36.3 Å². The fraction of sp³-hybridized carbons (Fsp3) is 0.647. The Bertz CT molecular complexity index is 603. The predicted octanol–water partition coefficient (Wildman–Crippen LogP) is 2.47. The first-order valence-electron chi connectivity index (χ1n) is 8.24. The number of amides is 1. The second kappa shape index (κ2) is 6.65. The molecule has 5 heteroatoms. The van der Waals surface area contributed by atoms with Gasteiger partial charge in [0.1, 0.15) is 5.76 Å². The second-order valence-corrected chi connectivity index (χ2v) is 6.26. The number of carbonyl (C=O) groups excluding carboxylic acids is 1. The zero-order valence-corrected chi connectivity index (χ0v) is 13.0. The molecule has 3 rings (SSSR count). The van der Waals surface area contributed by atoms with Crippen LogP contribution in [-0.2, 0) is 22.4 Å². The summed E-state index contributed by atoms with van der Waals surface area (Å²) in [6.45, 7) is 2.58. The van der Waals surface area contributed by atoms with Crippen molar-refractivity contribution in [3.05, 3.63) is 33.4 Å². The summed E-state index contributed by atoms with van der Waals surface area (Å²) in [5.74, 6) is 1.19. The van der Waals surface area contributed by atoms with E-state index in [2.05, 4.69) is 5.32 Å². The standard InChI is InChI=1S/C17H23NO4/c1-2-8-21-17-16-12(5-3-4-11-6-7-11)9-15(20)22-13(16)10-14(19)18-17/h9,11,17H,2-8,10H2,1H3,(H,18,19). The Morgan fingerprint density at radius 1 is 1.36 bits per heavy atom. The maximum atomic E-state index is 11.8. The fourth-order valence-corrected chi connectivity index (χ4v) is 3.02. The van der Waals surface area contributed by atoms with Gasteiger partial charge in [0.05, 0.1) is 6.42 Å². The number of ether oxygens (including phenoxy) is 1. The SMILES string of the molecule is CCCOC1NC(=O)Cc2oc(=O)cc(CCCC3CC3)c21. The highest BCUT2D eigenvalue weighted by atomic mass is 16.5. The van der Waals surface area contributed by atoms with Crippen LogP contribution in [0.4, 0.5) is 0 Å². The molecule has 0 radical (unpaired) electrons. The van der Waals surface area contributed by atoms with Crippen LogP contribution in [0, 0.1) is 5.92 Å². The van der Waals surface area contributed by atoms with Crippen molar-refractivity contribution < 1.29 is 13.9 Å². The van der Waals surface area contributed by atoms with E-state index in [1.807, 2.05) is 6.92 Å². The summed E-state index contributed by atoms with van der Waals surface area (Å²) in [7, 11) is 0. The zero-order valence-electron chi connectivity index (χ0n) is 13.0. The van der Waals surface area contributed by atoms with Crippen LogP contribution in [0.2, 0.25) is 0 Å². The largest absolute Gasteiger partial charge is 0.427 e.